The molecule has 1 N–H and O–H groups in total. The number of hydrogen-bond acceptors (Lipinski definition) is 5. The number of carbonyl (C=O) groups excluding carboxylic acids is 2. The van der Waals surface area contributed by atoms with Crippen LogP contribution in [0.5, 0.6) is 0 Å². The standard InChI is InChI=1S/C26H39N5O3/c1-19(2)30(25(33)34-26(4,5)6)17-21-11-10-14-29(16-21)18-24(32)27-23-15-20(3)28-31(23)22-12-8-7-9-13-22/h7-9,12-13,15,19,21H,10-11,14,16-18H2,1-6H3,(H,27,32)/t21-/m1/s1. The summed E-state index contributed by atoms with van der Waals surface area (Å²) in [5.74, 6) is 0.900. The molecule has 8 heteroatoms. The quantitative estimate of drug-likeness (QED) is 0.647. The van der Waals surface area contributed by atoms with Crippen molar-refractivity contribution in [2.24, 2.45) is 5.92 Å². The van der Waals surface area contributed by atoms with Crippen LogP contribution in [0.1, 0.15) is 53.2 Å². The van der Waals surface area contributed by atoms with E-state index in [1.54, 1.807) is 9.58 Å². The SMILES string of the molecule is Cc1cc(NC(=O)CN2CCC[C@@H](CN(C(=O)OC(C)(C)C)C(C)C)C2)n(-c2ccccc2)n1. The average molecular weight is 470 g/mol. The van der Waals surface area contributed by atoms with Gasteiger partial charge < -0.3 is 15.0 Å². The number of nitrogens with zero attached hydrogens (tertiary/aromatic N) is 4. The number of hydrogen-bond donors (Lipinski definition) is 1. The molecule has 0 spiro atoms. The number of carbonyl (C=O) groups is 2. The summed E-state index contributed by atoms with van der Waals surface area (Å²) in [4.78, 5) is 29.6. The van der Waals surface area contributed by atoms with Crippen LogP contribution in [0.3, 0.4) is 0 Å². The Morgan fingerprint density at radius 2 is 1.94 bits per heavy atom. The van der Waals surface area contributed by atoms with Crippen LogP contribution in [0, 0.1) is 12.8 Å². The Balaban J connectivity index is 1.59. The molecule has 2 heterocycles. The molecule has 1 saturated heterocycles. The lowest BCUT2D eigenvalue weighted by Gasteiger charge is -2.37. The van der Waals surface area contributed by atoms with Crippen molar-refractivity contribution in [3.05, 3.63) is 42.1 Å². The molecule has 0 unspecified atom stereocenters. The number of piperidine rings is 1. The number of amides is 2. The second kappa shape index (κ2) is 11.0. The van der Waals surface area contributed by atoms with Gasteiger partial charge >= 0.3 is 6.09 Å². The molecular formula is C26H39N5O3. The van der Waals surface area contributed by atoms with E-state index in [2.05, 4.69) is 15.3 Å². The first-order valence-corrected chi connectivity index (χ1v) is 12.2. The Morgan fingerprint density at radius 1 is 1.24 bits per heavy atom. The highest BCUT2D eigenvalue weighted by atomic mass is 16.6. The van der Waals surface area contributed by atoms with Gasteiger partial charge in [-0.1, -0.05) is 18.2 Å². The minimum atomic E-state index is -0.522. The molecule has 2 aromatic rings. The molecule has 1 atom stereocenters. The summed E-state index contributed by atoms with van der Waals surface area (Å²) in [6, 6.07) is 11.7. The fraction of sp³-hybridized carbons (Fsp3) is 0.577. The van der Waals surface area contributed by atoms with Gasteiger partial charge in [-0.25, -0.2) is 9.48 Å². The van der Waals surface area contributed by atoms with Gasteiger partial charge in [-0.2, -0.15) is 5.10 Å². The zero-order chi connectivity index (χ0) is 24.9. The number of likely N-dealkylation sites (tertiary alicyclic amines) is 1. The molecule has 2 amide bonds. The zero-order valence-electron chi connectivity index (χ0n) is 21.4. The van der Waals surface area contributed by atoms with Crippen LogP contribution >= 0.6 is 0 Å². The van der Waals surface area contributed by atoms with Crippen LogP contribution in [-0.2, 0) is 9.53 Å². The fourth-order valence-corrected chi connectivity index (χ4v) is 4.28. The number of aryl methyl sites for hydroxylation is 1. The third kappa shape index (κ3) is 7.32. The average Bonchev–Trinajstić information content (AvgIpc) is 3.11. The lowest BCUT2D eigenvalue weighted by Crippen LogP contribution is -2.48. The van der Waals surface area contributed by atoms with E-state index in [0.717, 1.165) is 37.3 Å². The summed E-state index contributed by atoms with van der Waals surface area (Å²) in [6.45, 7) is 14.2. The van der Waals surface area contributed by atoms with Crippen molar-refractivity contribution in [3.63, 3.8) is 0 Å². The van der Waals surface area contributed by atoms with Gasteiger partial charge in [0.2, 0.25) is 5.91 Å². The fourth-order valence-electron chi connectivity index (χ4n) is 4.28. The van der Waals surface area contributed by atoms with Gasteiger partial charge in [-0.15, -0.1) is 0 Å². The first-order chi connectivity index (χ1) is 16.0. The number of para-hydroxylation sites is 1. The van der Waals surface area contributed by atoms with E-state index < -0.39 is 5.60 Å². The van der Waals surface area contributed by atoms with Gasteiger partial charge in [0.15, 0.2) is 0 Å². The summed E-state index contributed by atoms with van der Waals surface area (Å²) < 4.78 is 7.37. The molecular weight excluding hydrogens is 430 g/mol. The molecule has 8 nitrogen and oxygen atoms in total. The lowest BCUT2D eigenvalue weighted by molar-refractivity contribution is -0.117. The van der Waals surface area contributed by atoms with Crippen molar-refractivity contribution in [1.82, 2.24) is 19.6 Å². The molecule has 3 rings (SSSR count). The van der Waals surface area contributed by atoms with Crippen LogP contribution in [-0.4, -0.2) is 69.4 Å². The zero-order valence-corrected chi connectivity index (χ0v) is 21.4. The summed E-state index contributed by atoms with van der Waals surface area (Å²) in [6.07, 6.45) is 1.76. The van der Waals surface area contributed by atoms with Crippen molar-refractivity contribution in [3.8, 4) is 5.69 Å². The Morgan fingerprint density at radius 3 is 2.59 bits per heavy atom. The van der Waals surface area contributed by atoms with Crippen molar-refractivity contribution >= 4 is 17.8 Å². The molecule has 186 valence electrons. The van der Waals surface area contributed by atoms with Crippen molar-refractivity contribution in [1.29, 1.82) is 0 Å². The van der Waals surface area contributed by atoms with E-state index in [-0.39, 0.29) is 18.0 Å². The summed E-state index contributed by atoms with van der Waals surface area (Å²) >= 11 is 0. The molecule has 1 fully saturated rings. The maximum atomic E-state index is 12.9. The second-order valence-electron chi connectivity index (χ2n) is 10.4. The van der Waals surface area contributed by atoms with Crippen LogP contribution in [0.25, 0.3) is 5.69 Å². The number of rotatable bonds is 7. The first kappa shape index (κ1) is 25.7. The number of nitrogens with one attached hydrogen (secondary N) is 1. The molecule has 1 aromatic carbocycles. The van der Waals surface area contributed by atoms with Crippen molar-refractivity contribution in [2.75, 3.05) is 31.5 Å². The third-order valence-corrected chi connectivity index (χ3v) is 5.78. The van der Waals surface area contributed by atoms with E-state index in [0.29, 0.717) is 24.8 Å². The molecule has 34 heavy (non-hydrogen) atoms. The predicted octanol–water partition coefficient (Wildman–Crippen LogP) is 4.48. The number of benzene rings is 1. The molecule has 0 aliphatic carbocycles. The Bertz CT molecular complexity index is 965. The molecule has 1 aromatic heterocycles. The maximum absolute atomic E-state index is 12.9. The molecule has 0 bridgehead atoms. The largest absolute Gasteiger partial charge is 0.444 e. The Kier molecular flexibility index (Phi) is 8.36. The van der Waals surface area contributed by atoms with E-state index in [9.17, 15) is 9.59 Å². The van der Waals surface area contributed by atoms with Gasteiger partial charge in [0.1, 0.15) is 11.4 Å². The number of anilines is 1. The Labute approximate surface area is 203 Å². The number of aromatic nitrogens is 2. The van der Waals surface area contributed by atoms with Gasteiger partial charge in [-0.05, 0) is 79.0 Å². The van der Waals surface area contributed by atoms with Crippen LogP contribution < -0.4 is 5.32 Å². The smallest absolute Gasteiger partial charge is 0.410 e. The molecule has 0 radical (unpaired) electrons. The summed E-state index contributed by atoms with van der Waals surface area (Å²) in [5.41, 5.74) is 1.22. The topological polar surface area (TPSA) is 79.7 Å². The monoisotopic (exact) mass is 469 g/mol. The molecule has 1 aliphatic heterocycles. The Hall–Kier alpha value is -2.87. The van der Waals surface area contributed by atoms with Crippen molar-refractivity contribution in [2.45, 2.75) is 66.0 Å². The summed E-state index contributed by atoms with van der Waals surface area (Å²) in [7, 11) is 0. The van der Waals surface area contributed by atoms with E-state index in [1.807, 2.05) is 77.9 Å². The highest BCUT2D eigenvalue weighted by Crippen LogP contribution is 2.21. The van der Waals surface area contributed by atoms with E-state index >= 15 is 0 Å². The summed E-state index contributed by atoms with van der Waals surface area (Å²) in [5, 5.41) is 7.55. The van der Waals surface area contributed by atoms with Crippen LogP contribution in [0.15, 0.2) is 36.4 Å². The lowest BCUT2D eigenvalue weighted by atomic mass is 9.97. The predicted molar refractivity (Wildman–Crippen MR) is 134 cm³/mol. The van der Waals surface area contributed by atoms with Gasteiger partial charge in [-0.3, -0.25) is 9.69 Å². The second-order valence-corrected chi connectivity index (χ2v) is 10.4. The minimum Gasteiger partial charge on any atom is -0.444 e. The minimum absolute atomic E-state index is 0.0510. The van der Waals surface area contributed by atoms with Crippen LogP contribution in [0.4, 0.5) is 10.6 Å². The van der Waals surface area contributed by atoms with E-state index in [1.165, 1.54) is 0 Å². The van der Waals surface area contributed by atoms with Gasteiger partial charge in [0.25, 0.3) is 0 Å². The van der Waals surface area contributed by atoms with Crippen LogP contribution in [0.2, 0.25) is 0 Å². The highest BCUT2D eigenvalue weighted by Gasteiger charge is 2.29. The highest BCUT2D eigenvalue weighted by molar-refractivity contribution is 5.91. The van der Waals surface area contributed by atoms with Crippen molar-refractivity contribution < 1.29 is 14.3 Å². The first-order valence-electron chi connectivity index (χ1n) is 12.2. The van der Waals surface area contributed by atoms with E-state index in [4.69, 9.17) is 4.74 Å². The van der Waals surface area contributed by atoms with Gasteiger partial charge in [0, 0.05) is 25.2 Å². The normalized spacial score (nSPS) is 17.0. The molecule has 0 saturated carbocycles. The maximum Gasteiger partial charge on any atom is 0.410 e. The molecule has 1 aliphatic rings. The van der Waals surface area contributed by atoms with Gasteiger partial charge in [0.05, 0.1) is 17.9 Å². The third-order valence-electron chi connectivity index (χ3n) is 5.78. The number of ether oxygens (including phenoxy) is 1.